The van der Waals surface area contributed by atoms with Gasteiger partial charge in [0.2, 0.25) is 0 Å². The molecule has 1 heterocycles. The van der Waals surface area contributed by atoms with Crippen molar-refractivity contribution in [3.05, 3.63) is 40.8 Å². The van der Waals surface area contributed by atoms with Crippen molar-refractivity contribution in [2.75, 3.05) is 19.0 Å². The lowest BCUT2D eigenvalue weighted by Crippen LogP contribution is -2.14. The molecule has 104 valence electrons. The summed E-state index contributed by atoms with van der Waals surface area (Å²) in [6, 6.07) is 5.47. The Morgan fingerprint density at radius 3 is 2.60 bits per heavy atom. The summed E-state index contributed by atoms with van der Waals surface area (Å²) < 4.78 is 13.9. The van der Waals surface area contributed by atoms with Gasteiger partial charge in [0.05, 0.1) is 10.6 Å². The number of halogens is 2. The first-order valence-electron chi connectivity index (χ1n) is 5.64. The first-order chi connectivity index (χ1) is 9.40. The van der Waals surface area contributed by atoms with E-state index in [9.17, 15) is 9.18 Å². The van der Waals surface area contributed by atoms with Gasteiger partial charge in [-0.15, -0.1) is 0 Å². The van der Waals surface area contributed by atoms with Gasteiger partial charge >= 0.3 is 5.97 Å². The van der Waals surface area contributed by atoms with Gasteiger partial charge in [-0.25, -0.2) is 19.2 Å². The summed E-state index contributed by atoms with van der Waals surface area (Å²) in [5, 5.41) is 9.19. The lowest BCUT2D eigenvalue weighted by Gasteiger charge is -2.13. The van der Waals surface area contributed by atoms with Crippen molar-refractivity contribution in [3.63, 3.8) is 0 Å². The number of hydrogen-bond acceptors (Lipinski definition) is 4. The molecular formula is C13H11ClFN3O2. The molecule has 0 spiro atoms. The number of rotatable bonds is 3. The minimum Gasteiger partial charge on any atom is -0.477 e. The molecule has 0 unspecified atom stereocenters. The zero-order valence-electron chi connectivity index (χ0n) is 10.8. The predicted molar refractivity (Wildman–Crippen MR) is 73.7 cm³/mol. The summed E-state index contributed by atoms with van der Waals surface area (Å²) in [5.41, 5.74) is -0.238. The Kier molecular flexibility index (Phi) is 3.85. The number of hydrogen-bond donors (Lipinski definition) is 1. The predicted octanol–water partition coefficient (Wildman–Crippen LogP) is 2.70. The largest absolute Gasteiger partial charge is 0.477 e. The Labute approximate surface area is 119 Å². The highest BCUT2D eigenvalue weighted by atomic mass is 35.5. The average Bonchev–Trinajstić information content (AvgIpc) is 2.38. The molecule has 2 aromatic rings. The molecule has 1 aromatic carbocycles. The van der Waals surface area contributed by atoms with E-state index in [0.717, 1.165) is 0 Å². The van der Waals surface area contributed by atoms with Gasteiger partial charge in [0, 0.05) is 20.2 Å². The Morgan fingerprint density at radius 1 is 1.35 bits per heavy atom. The minimum absolute atomic E-state index is 0.0135. The molecule has 7 heteroatoms. The monoisotopic (exact) mass is 295 g/mol. The highest BCUT2D eigenvalue weighted by Gasteiger charge is 2.17. The summed E-state index contributed by atoms with van der Waals surface area (Å²) in [7, 11) is 3.39. The molecule has 20 heavy (non-hydrogen) atoms. The van der Waals surface area contributed by atoms with Crippen molar-refractivity contribution in [2.45, 2.75) is 0 Å². The molecule has 1 N–H and O–H groups in total. The third-order valence-electron chi connectivity index (χ3n) is 2.58. The van der Waals surface area contributed by atoms with E-state index in [2.05, 4.69) is 9.97 Å². The summed E-state index contributed by atoms with van der Waals surface area (Å²) in [6.07, 6.45) is 0. The smallest absolute Gasteiger partial charge is 0.354 e. The fourth-order valence-corrected chi connectivity index (χ4v) is 1.84. The molecule has 5 nitrogen and oxygen atoms in total. The number of nitrogens with zero attached hydrogens (tertiary/aromatic N) is 3. The standard InChI is InChI=1S/C13H11ClFN3O2/c1-18(2)10-6-9(13(19)20)16-12(17-10)11-7(14)4-3-5-8(11)15/h3-6H,1-2H3,(H,19,20). The molecule has 0 amide bonds. The lowest BCUT2D eigenvalue weighted by atomic mass is 10.2. The summed E-state index contributed by atoms with van der Waals surface area (Å²) in [5.74, 6) is -1.53. The zero-order valence-corrected chi connectivity index (χ0v) is 11.5. The van der Waals surface area contributed by atoms with E-state index in [1.165, 1.54) is 24.3 Å². The second-order valence-electron chi connectivity index (χ2n) is 4.23. The maximum atomic E-state index is 13.9. The Morgan fingerprint density at radius 2 is 2.05 bits per heavy atom. The SMILES string of the molecule is CN(C)c1cc(C(=O)O)nc(-c2c(F)cccc2Cl)n1. The van der Waals surface area contributed by atoms with Gasteiger partial charge in [0.25, 0.3) is 0 Å². The van der Waals surface area contributed by atoms with Gasteiger partial charge < -0.3 is 10.0 Å². The average molecular weight is 296 g/mol. The minimum atomic E-state index is -1.22. The van der Waals surface area contributed by atoms with Crippen LogP contribution in [0.1, 0.15) is 10.5 Å². The molecular weight excluding hydrogens is 285 g/mol. The van der Waals surface area contributed by atoms with E-state index >= 15 is 0 Å². The van der Waals surface area contributed by atoms with Crippen molar-refractivity contribution in [2.24, 2.45) is 0 Å². The maximum Gasteiger partial charge on any atom is 0.354 e. The van der Waals surface area contributed by atoms with E-state index in [1.54, 1.807) is 19.0 Å². The van der Waals surface area contributed by atoms with Gasteiger partial charge in [0.15, 0.2) is 11.5 Å². The second-order valence-corrected chi connectivity index (χ2v) is 4.64. The van der Waals surface area contributed by atoms with Crippen molar-refractivity contribution in [3.8, 4) is 11.4 Å². The van der Waals surface area contributed by atoms with Crippen molar-refractivity contribution in [1.82, 2.24) is 9.97 Å². The van der Waals surface area contributed by atoms with E-state index < -0.39 is 11.8 Å². The van der Waals surface area contributed by atoms with E-state index in [4.69, 9.17) is 16.7 Å². The Bertz CT molecular complexity index is 656. The van der Waals surface area contributed by atoms with Gasteiger partial charge in [-0.3, -0.25) is 0 Å². The molecule has 0 fully saturated rings. The fourth-order valence-electron chi connectivity index (χ4n) is 1.60. The molecule has 0 bridgehead atoms. The molecule has 0 saturated heterocycles. The number of carboxylic acid groups (broad SMARTS) is 1. The van der Waals surface area contributed by atoms with Gasteiger partial charge in [-0.2, -0.15) is 0 Å². The van der Waals surface area contributed by atoms with Crippen LogP contribution in [0.25, 0.3) is 11.4 Å². The first-order valence-corrected chi connectivity index (χ1v) is 6.02. The van der Waals surface area contributed by atoms with E-state index in [1.807, 2.05) is 0 Å². The summed E-state index contributed by atoms with van der Waals surface area (Å²) in [6.45, 7) is 0. The number of aromatic carboxylic acids is 1. The van der Waals surface area contributed by atoms with Crippen LogP contribution < -0.4 is 4.90 Å². The quantitative estimate of drug-likeness (QED) is 0.943. The maximum absolute atomic E-state index is 13.9. The van der Waals surface area contributed by atoms with Crippen molar-refractivity contribution in [1.29, 1.82) is 0 Å². The van der Waals surface area contributed by atoms with Crippen LogP contribution in [-0.4, -0.2) is 35.1 Å². The van der Waals surface area contributed by atoms with Crippen LogP contribution >= 0.6 is 11.6 Å². The highest BCUT2D eigenvalue weighted by Crippen LogP contribution is 2.29. The third kappa shape index (κ3) is 2.70. The molecule has 0 saturated carbocycles. The van der Waals surface area contributed by atoms with E-state index in [-0.39, 0.29) is 22.1 Å². The van der Waals surface area contributed by atoms with Gasteiger partial charge in [-0.1, -0.05) is 17.7 Å². The van der Waals surface area contributed by atoms with Crippen LogP contribution in [0.2, 0.25) is 5.02 Å². The van der Waals surface area contributed by atoms with E-state index in [0.29, 0.717) is 5.82 Å². The molecule has 0 radical (unpaired) electrons. The number of carbonyl (C=O) groups is 1. The highest BCUT2D eigenvalue weighted by molar-refractivity contribution is 6.33. The summed E-state index contributed by atoms with van der Waals surface area (Å²) >= 11 is 5.95. The van der Waals surface area contributed by atoms with Crippen LogP contribution in [0.4, 0.5) is 10.2 Å². The lowest BCUT2D eigenvalue weighted by molar-refractivity contribution is 0.0690. The van der Waals surface area contributed by atoms with Gasteiger partial charge in [0.1, 0.15) is 11.6 Å². The Balaban J connectivity index is 2.70. The fraction of sp³-hybridized carbons (Fsp3) is 0.154. The number of benzene rings is 1. The van der Waals surface area contributed by atoms with Crippen LogP contribution in [-0.2, 0) is 0 Å². The number of aromatic nitrogens is 2. The number of anilines is 1. The summed E-state index contributed by atoms with van der Waals surface area (Å²) in [4.78, 5) is 20.7. The number of carboxylic acids is 1. The zero-order chi connectivity index (χ0) is 14.9. The van der Waals surface area contributed by atoms with Crippen LogP contribution in [0, 0.1) is 5.82 Å². The topological polar surface area (TPSA) is 66.3 Å². The molecule has 0 aliphatic heterocycles. The van der Waals surface area contributed by atoms with Crippen LogP contribution in [0.3, 0.4) is 0 Å². The van der Waals surface area contributed by atoms with Gasteiger partial charge in [-0.05, 0) is 12.1 Å². The molecule has 0 atom stereocenters. The third-order valence-corrected chi connectivity index (χ3v) is 2.89. The normalized spacial score (nSPS) is 10.4. The first kappa shape index (κ1) is 14.2. The molecule has 0 aliphatic rings. The van der Waals surface area contributed by atoms with Crippen LogP contribution in [0.5, 0.6) is 0 Å². The second kappa shape index (κ2) is 5.42. The van der Waals surface area contributed by atoms with Crippen molar-refractivity contribution >= 4 is 23.4 Å². The molecule has 1 aromatic heterocycles. The van der Waals surface area contributed by atoms with Crippen LogP contribution in [0.15, 0.2) is 24.3 Å². The Hall–Kier alpha value is -2.21. The molecule has 0 aliphatic carbocycles. The van der Waals surface area contributed by atoms with Crippen molar-refractivity contribution < 1.29 is 14.3 Å². The molecule has 2 rings (SSSR count).